The summed E-state index contributed by atoms with van der Waals surface area (Å²) in [4.78, 5) is 43.1. The Morgan fingerprint density at radius 3 is 2.23 bits per heavy atom. The van der Waals surface area contributed by atoms with E-state index in [2.05, 4.69) is 5.32 Å². The van der Waals surface area contributed by atoms with Gasteiger partial charge >= 0.3 is 11.8 Å². The second-order valence-electron chi connectivity index (χ2n) is 16.3. The monoisotopic (exact) mass is 838 g/mol. The first-order valence-electron chi connectivity index (χ1n) is 20.0. The zero-order valence-corrected chi connectivity index (χ0v) is 35.8. The molecule has 2 aromatic rings. The van der Waals surface area contributed by atoms with E-state index in [9.17, 15) is 45.1 Å². The highest BCUT2D eigenvalue weighted by Gasteiger charge is 2.50. The number of nitrogens with one attached hydrogen (secondary N) is 1. The van der Waals surface area contributed by atoms with Gasteiger partial charge in [0.2, 0.25) is 6.21 Å². The third-order valence-electron chi connectivity index (χ3n) is 12.0. The maximum Gasteiger partial charge on any atom is 0.312 e. The van der Waals surface area contributed by atoms with Crippen LogP contribution in [0.2, 0.25) is 0 Å². The summed E-state index contributed by atoms with van der Waals surface area (Å²) in [5.41, 5.74) is -0.917. The molecule has 9 atom stereocenters. The van der Waals surface area contributed by atoms with Crippen LogP contribution in [0.3, 0.4) is 0 Å². The van der Waals surface area contributed by atoms with Crippen molar-refractivity contribution in [3.63, 3.8) is 0 Å². The standard InChI is InChI=1S/C43H58N4O13/c1-21-12-11-13-22(2)42(55)44-33-28(20-47(56)46-17-15-45(9)16-18-46)37(52)30-31(38(33)53)36(51)26(6)40-32(30)41(54)43(8,60-40)58-19-14-29(57-10)23(3)39(59-27(7)48)25(5)35(50)24(4)34(21)49/h11-14,19-21,23-25,29,34-35,39,49-53H,15-18H2,1-10H3,(H,44,55)/b12-11+,19-14+,22-13-,47-20+/t21-,23+,24+,25+,29-,34-,35-,39+,43-/m0/s1. The number of carbonyl (C=O) groups is 3. The molecule has 0 aliphatic carbocycles. The number of allylic oxidation sites excluding steroid dienone is 2. The molecular formula is C43H58N4O13. The Labute approximate surface area is 349 Å². The van der Waals surface area contributed by atoms with Gasteiger partial charge in [-0.2, -0.15) is 5.01 Å². The maximum absolute atomic E-state index is 14.4. The lowest BCUT2D eigenvalue weighted by Crippen LogP contribution is -2.47. The smallest absolute Gasteiger partial charge is 0.312 e. The Balaban J connectivity index is 1.73. The van der Waals surface area contributed by atoms with Crippen molar-refractivity contribution in [1.82, 2.24) is 9.91 Å². The number of likely N-dealkylation sites (N-methyl/N-ethyl adjacent to an activating group) is 1. The van der Waals surface area contributed by atoms with Gasteiger partial charge in [0.25, 0.3) is 11.7 Å². The largest absolute Gasteiger partial charge is 0.596 e. The summed E-state index contributed by atoms with van der Waals surface area (Å²) in [5, 5.41) is 75.4. The molecule has 0 unspecified atom stereocenters. The van der Waals surface area contributed by atoms with Crippen LogP contribution >= 0.6 is 0 Å². The van der Waals surface area contributed by atoms with Crippen LogP contribution in [-0.2, 0) is 23.8 Å². The number of hydrazone groups is 1. The van der Waals surface area contributed by atoms with Gasteiger partial charge in [0.05, 0.1) is 48.6 Å². The molecule has 4 aliphatic rings. The molecule has 4 aliphatic heterocycles. The highest BCUT2D eigenvalue weighted by Crippen LogP contribution is 2.55. The van der Waals surface area contributed by atoms with Gasteiger partial charge in [0, 0.05) is 74.2 Å². The average Bonchev–Trinajstić information content (AvgIpc) is 3.47. The molecule has 4 heterocycles. The van der Waals surface area contributed by atoms with E-state index in [0.717, 1.165) is 6.21 Å². The Bertz CT molecular complexity index is 2120. The van der Waals surface area contributed by atoms with Gasteiger partial charge in [-0.15, -0.1) is 0 Å². The molecule has 2 aromatic carbocycles. The van der Waals surface area contributed by atoms with Crippen LogP contribution in [0.1, 0.15) is 70.0 Å². The molecule has 17 heteroatoms. The number of Topliss-reactive ketones (excluding diaryl/α,β-unsaturated/α-hetero) is 1. The summed E-state index contributed by atoms with van der Waals surface area (Å²) in [6.45, 7) is 14.1. The molecule has 60 heavy (non-hydrogen) atoms. The van der Waals surface area contributed by atoms with Crippen molar-refractivity contribution in [1.29, 1.82) is 0 Å². The number of phenolic OH excluding ortho intramolecular Hbond substituents is 3. The van der Waals surface area contributed by atoms with E-state index >= 15 is 0 Å². The van der Waals surface area contributed by atoms with Crippen LogP contribution in [0, 0.1) is 35.8 Å². The van der Waals surface area contributed by atoms with E-state index < -0.39 is 94.5 Å². The van der Waals surface area contributed by atoms with Crippen LogP contribution in [0.15, 0.2) is 36.1 Å². The van der Waals surface area contributed by atoms with Gasteiger partial charge in [-0.1, -0.05) is 50.8 Å². The van der Waals surface area contributed by atoms with E-state index in [1.54, 1.807) is 39.8 Å². The number of ketones is 1. The number of anilines is 1. The second kappa shape index (κ2) is 18.1. The molecular weight excluding hydrogens is 780 g/mol. The predicted molar refractivity (Wildman–Crippen MR) is 222 cm³/mol. The number of fused-ring (bicyclic) bond motifs is 14. The maximum atomic E-state index is 14.4. The van der Waals surface area contributed by atoms with Crippen molar-refractivity contribution >= 4 is 40.3 Å². The zero-order chi connectivity index (χ0) is 44.5. The average molecular weight is 839 g/mol. The van der Waals surface area contributed by atoms with Gasteiger partial charge in [-0.3, -0.25) is 14.4 Å². The number of hydrazine groups is 1. The van der Waals surface area contributed by atoms with Gasteiger partial charge in [-0.05, 0) is 27.0 Å². The Hall–Kier alpha value is -5.36. The first-order valence-corrected chi connectivity index (χ1v) is 20.0. The number of phenols is 3. The minimum absolute atomic E-state index is 0.00572. The number of ether oxygens (including phenoxy) is 4. The number of hydrogen-bond acceptors (Lipinski definition) is 15. The number of amides is 1. The molecule has 0 spiro atoms. The van der Waals surface area contributed by atoms with Crippen molar-refractivity contribution in [3.05, 3.63) is 58.0 Å². The van der Waals surface area contributed by atoms with Crippen LogP contribution in [0.4, 0.5) is 5.69 Å². The van der Waals surface area contributed by atoms with Gasteiger partial charge < -0.3 is 59.9 Å². The number of rotatable bonds is 4. The highest BCUT2D eigenvalue weighted by atomic mass is 16.7. The molecule has 5 bridgehead atoms. The summed E-state index contributed by atoms with van der Waals surface area (Å²) in [5.74, 6) is -9.04. The molecule has 6 N–H and O–H groups in total. The number of esters is 1. The topological polar surface area (TPSA) is 234 Å². The van der Waals surface area contributed by atoms with Crippen molar-refractivity contribution in [2.24, 2.45) is 23.7 Å². The number of methoxy groups -OCH3 is 1. The van der Waals surface area contributed by atoms with Crippen LogP contribution in [0.25, 0.3) is 10.8 Å². The SMILES string of the molecule is CO[C@H]1/C=C/O[C@@]2(C)Oc3c(C)c(O)c4c(O)c(c(/C=[N+](/[O-])N5CCN(C)CC5)c(O)c4c3C2=O)NC(=O)/C(C)=C\C=C\[C@H](C)[C@H](O)[C@@H](C)[C@H](O)[C@@H](C)[C@H](OC(C)=O)[C@@H]1C. The van der Waals surface area contributed by atoms with Crippen LogP contribution in [0.5, 0.6) is 23.0 Å². The Morgan fingerprint density at radius 1 is 0.967 bits per heavy atom. The van der Waals surface area contributed by atoms with Crippen LogP contribution in [-0.4, -0.2) is 135 Å². The lowest BCUT2D eigenvalue weighted by molar-refractivity contribution is -0.636. The minimum atomic E-state index is -2.10. The third-order valence-corrected chi connectivity index (χ3v) is 12.0. The molecule has 1 amide bonds. The van der Waals surface area contributed by atoms with Crippen molar-refractivity contribution < 1.29 is 63.7 Å². The summed E-state index contributed by atoms with van der Waals surface area (Å²) in [6, 6.07) is 0. The summed E-state index contributed by atoms with van der Waals surface area (Å²) < 4.78 is 23.5. The molecule has 0 saturated carbocycles. The van der Waals surface area contributed by atoms with E-state index in [1.165, 1.54) is 58.2 Å². The van der Waals surface area contributed by atoms with Crippen molar-refractivity contribution in [2.75, 3.05) is 45.7 Å². The Morgan fingerprint density at radius 2 is 1.62 bits per heavy atom. The number of hydrogen-bond donors (Lipinski definition) is 6. The number of aliphatic hydroxyl groups excluding tert-OH is 2. The number of aromatic hydroxyl groups is 3. The summed E-state index contributed by atoms with van der Waals surface area (Å²) in [6.07, 6.45) is 4.29. The number of piperazine rings is 1. The molecule has 0 aromatic heterocycles. The fourth-order valence-electron chi connectivity index (χ4n) is 8.06. The predicted octanol–water partition coefficient (Wildman–Crippen LogP) is 3.85. The quantitative estimate of drug-likeness (QED) is 0.0488. The van der Waals surface area contributed by atoms with Crippen molar-refractivity contribution in [3.8, 4) is 23.0 Å². The summed E-state index contributed by atoms with van der Waals surface area (Å²) >= 11 is 0. The fraction of sp³-hybridized carbons (Fsp3) is 0.535. The zero-order valence-electron chi connectivity index (χ0n) is 35.8. The summed E-state index contributed by atoms with van der Waals surface area (Å²) in [7, 11) is 3.33. The van der Waals surface area contributed by atoms with Crippen molar-refractivity contribution in [2.45, 2.75) is 85.6 Å². The van der Waals surface area contributed by atoms with E-state index in [1.807, 2.05) is 11.9 Å². The minimum Gasteiger partial charge on any atom is -0.596 e. The molecule has 1 saturated heterocycles. The molecule has 0 radical (unpaired) electrons. The third kappa shape index (κ3) is 8.75. The number of nitrogens with zero attached hydrogens (tertiary/aromatic N) is 3. The Kier molecular flexibility index (Phi) is 13.8. The highest BCUT2D eigenvalue weighted by molar-refractivity contribution is 6.23. The first-order chi connectivity index (χ1) is 28.1. The van der Waals surface area contributed by atoms with Crippen LogP contribution < -0.4 is 10.1 Å². The number of carbonyl (C=O) groups excluding carboxylic acids is 3. The fourth-order valence-corrected chi connectivity index (χ4v) is 8.06. The second-order valence-corrected chi connectivity index (χ2v) is 16.3. The molecule has 6 rings (SSSR count). The van der Waals surface area contributed by atoms with Gasteiger partial charge in [0.1, 0.15) is 34.6 Å². The molecule has 328 valence electrons. The van der Waals surface area contributed by atoms with E-state index in [-0.39, 0.29) is 38.8 Å². The number of benzene rings is 2. The first kappa shape index (κ1) is 45.7. The normalized spacial score (nSPS) is 31.9. The van der Waals surface area contributed by atoms with Gasteiger partial charge in [-0.25, -0.2) is 0 Å². The van der Waals surface area contributed by atoms with E-state index in [0.29, 0.717) is 31.0 Å². The number of aliphatic hydroxyl groups is 2. The lowest BCUT2D eigenvalue weighted by Gasteiger charge is -2.38. The molecule has 1 fully saturated rings. The van der Waals surface area contributed by atoms with E-state index in [4.69, 9.17) is 18.9 Å². The lowest BCUT2D eigenvalue weighted by atomic mass is 9.78. The van der Waals surface area contributed by atoms with Gasteiger partial charge in [0.15, 0.2) is 5.75 Å². The molecule has 17 nitrogen and oxygen atoms in total.